The Bertz CT molecular complexity index is 385. The van der Waals surface area contributed by atoms with E-state index in [1.54, 1.807) is 13.0 Å². The van der Waals surface area contributed by atoms with Gasteiger partial charge in [-0.05, 0) is 26.2 Å². The largest absolute Gasteiger partial charge is 0.352 e. The first-order valence-electron chi connectivity index (χ1n) is 5.44. The van der Waals surface area contributed by atoms with E-state index in [0.717, 1.165) is 12.8 Å². The third-order valence-electron chi connectivity index (χ3n) is 3.01. The fraction of sp³-hybridized carbons (Fsp3) is 0.545. The Morgan fingerprint density at radius 1 is 1.50 bits per heavy atom. The van der Waals surface area contributed by atoms with E-state index >= 15 is 0 Å². The van der Waals surface area contributed by atoms with Gasteiger partial charge in [0.25, 0.3) is 0 Å². The lowest BCUT2D eigenvalue weighted by Gasteiger charge is -2.27. The summed E-state index contributed by atoms with van der Waals surface area (Å²) < 4.78 is 0. The van der Waals surface area contributed by atoms with Crippen LogP contribution in [0.3, 0.4) is 0 Å². The van der Waals surface area contributed by atoms with E-state index in [-0.39, 0.29) is 11.6 Å². The topological polar surface area (TPSA) is 76.8 Å². The molecule has 0 radical (unpaired) electrons. The molecule has 4 nitrogen and oxygen atoms in total. The molecular formula is C11H15N3OS. The lowest BCUT2D eigenvalue weighted by atomic mass is 9.93. The third-order valence-corrected chi connectivity index (χ3v) is 4.15. The highest BCUT2D eigenvalue weighted by Gasteiger charge is 2.37. The number of nitrogens with one attached hydrogen (secondary N) is 3. The van der Waals surface area contributed by atoms with Crippen LogP contribution < -0.4 is 5.32 Å². The van der Waals surface area contributed by atoms with Crippen LogP contribution in [0.1, 0.15) is 26.2 Å². The first-order valence-corrected chi connectivity index (χ1v) is 6.32. The summed E-state index contributed by atoms with van der Waals surface area (Å²) in [5.41, 5.74) is 0.869. The Labute approximate surface area is 98.9 Å². The lowest BCUT2D eigenvalue weighted by Crippen LogP contribution is -2.44. The van der Waals surface area contributed by atoms with Crippen molar-refractivity contribution in [2.45, 2.75) is 37.5 Å². The second-order valence-corrected chi connectivity index (χ2v) is 5.19. The fourth-order valence-electron chi connectivity index (χ4n) is 1.80. The zero-order valence-corrected chi connectivity index (χ0v) is 9.99. The molecule has 1 saturated heterocycles. The number of allylic oxidation sites excluding steroid dienone is 1. The summed E-state index contributed by atoms with van der Waals surface area (Å²) in [5.74, 6) is -0.110. The standard InChI is InChI=1S/C11H15N3OS/c1-2-7-8(12)9(16-10(7)13)11(15)14-6-4-3-5-6/h2,6,9,12-13H,3-5H2,1H3,(H,14,15)/b7-2-,12-8?,13-10?. The van der Waals surface area contributed by atoms with Crippen molar-refractivity contribution >= 4 is 28.4 Å². The minimum absolute atomic E-state index is 0.110. The summed E-state index contributed by atoms with van der Waals surface area (Å²) in [4.78, 5) is 11.9. The number of hydrogen-bond donors (Lipinski definition) is 3. The van der Waals surface area contributed by atoms with Crippen LogP contribution in [0, 0.1) is 10.8 Å². The molecule has 16 heavy (non-hydrogen) atoms. The number of hydrogen-bond acceptors (Lipinski definition) is 4. The maximum atomic E-state index is 11.9. The Balaban J connectivity index is 2.02. The van der Waals surface area contributed by atoms with E-state index in [1.807, 2.05) is 0 Å². The van der Waals surface area contributed by atoms with Gasteiger partial charge in [0.1, 0.15) is 5.25 Å². The van der Waals surface area contributed by atoms with E-state index in [9.17, 15) is 4.79 Å². The van der Waals surface area contributed by atoms with Crippen LogP contribution in [0.4, 0.5) is 0 Å². The molecule has 2 fully saturated rings. The van der Waals surface area contributed by atoms with E-state index < -0.39 is 5.25 Å². The van der Waals surface area contributed by atoms with Gasteiger partial charge in [-0.25, -0.2) is 0 Å². The van der Waals surface area contributed by atoms with Crippen molar-refractivity contribution in [1.29, 1.82) is 10.8 Å². The summed E-state index contributed by atoms with van der Waals surface area (Å²) in [6.07, 6.45) is 5.00. The smallest absolute Gasteiger partial charge is 0.239 e. The molecule has 2 rings (SSSR count). The molecular weight excluding hydrogens is 222 g/mol. The molecule has 1 heterocycles. The predicted octanol–water partition coefficient (Wildman–Crippen LogP) is 1.71. The molecule has 0 aromatic carbocycles. The Morgan fingerprint density at radius 2 is 2.19 bits per heavy atom. The molecule has 0 aromatic rings. The molecule has 1 aliphatic carbocycles. The van der Waals surface area contributed by atoms with Crippen LogP contribution in [-0.2, 0) is 4.79 Å². The Hall–Kier alpha value is -1.10. The molecule has 0 bridgehead atoms. The summed E-state index contributed by atoms with van der Waals surface area (Å²) in [6.45, 7) is 1.80. The van der Waals surface area contributed by atoms with Gasteiger partial charge >= 0.3 is 0 Å². The van der Waals surface area contributed by atoms with Crippen LogP contribution in [0.15, 0.2) is 11.6 Å². The molecule has 5 heteroatoms. The highest BCUT2D eigenvalue weighted by molar-refractivity contribution is 8.17. The van der Waals surface area contributed by atoms with Gasteiger partial charge in [0, 0.05) is 11.6 Å². The highest BCUT2D eigenvalue weighted by atomic mass is 32.2. The van der Waals surface area contributed by atoms with Crippen molar-refractivity contribution in [2.24, 2.45) is 0 Å². The number of thioether (sulfide) groups is 1. The van der Waals surface area contributed by atoms with Crippen molar-refractivity contribution < 1.29 is 4.79 Å². The monoisotopic (exact) mass is 237 g/mol. The molecule has 1 amide bonds. The van der Waals surface area contributed by atoms with Crippen molar-refractivity contribution in [3.05, 3.63) is 11.6 Å². The minimum atomic E-state index is -0.515. The molecule has 2 aliphatic rings. The Kier molecular flexibility index (Phi) is 3.14. The van der Waals surface area contributed by atoms with Gasteiger partial charge in [-0.15, -0.1) is 0 Å². The summed E-state index contributed by atoms with van der Waals surface area (Å²) in [5, 5.41) is 18.3. The predicted molar refractivity (Wildman–Crippen MR) is 66.4 cm³/mol. The van der Waals surface area contributed by atoms with Gasteiger partial charge in [0.2, 0.25) is 5.91 Å². The molecule has 1 unspecified atom stereocenters. The van der Waals surface area contributed by atoms with E-state index in [2.05, 4.69) is 5.32 Å². The van der Waals surface area contributed by atoms with Crippen LogP contribution in [0.2, 0.25) is 0 Å². The van der Waals surface area contributed by atoms with Crippen molar-refractivity contribution in [3.63, 3.8) is 0 Å². The summed E-state index contributed by atoms with van der Waals surface area (Å²) in [6, 6.07) is 0.296. The average Bonchev–Trinajstić information content (AvgIpc) is 2.47. The van der Waals surface area contributed by atoms with Gasteiger partial charge in [0.15, 0.2) is 0 Å². The highest BCUT2D eigenvalue weighted by Crippen LogP contribution is 2.30. The number of carbonyl (C=O) groups is 1. The van der Waals surface area contributed by atoms with Crippen molar-refractivity contribution in [2.75, 3.05) is 0 Å². The molecule has 86 valence electrons. The van der Waals surface area contributed by atoms with E-state index in [0.29, 0.717) is 16.7 Å². The van der Waals surface area contributed by atoms with E-state index in [4.69, 9.17) is 10.8 Å². The molecule has 0 aromatic heterocycles. The van der Waals surface area contributed by atoms with Gasteiger partial charge in [-0.2, -0.15) is 0 Å². The number of carbonyl (C=O) groups excluding carboxylic acids is 1. The van der Waals surface area contributed by atoms with Gasteiger partial charge < -0.3 is 10.7 Å². The van der Waals surface area contributed by atoms with Crippen LogP contribution in [0.5, 0.6) is 0 Å². The summed E-state index contributed by atoms with van der Waals surface area (Å²) in [7, 11) is 0. The van der Waals surface area contributed by atoms with Crippen LogP contribution in [-0.4, -0.2) is 28.0 Å². The number of amides is 1. The maximum Gasteiger partial charge on any atom is 0.239 e. The second-order valence-electron chi connectivity index (χ2n) is 4.08. The number of rotatable bonds is 2. The molecule has 3 N–H and O–H groups in total. The van der Waals surface area contributed by atoms with Crippen LogP contribution in [0.25, 0.3) is 0 Å². The van der Waals surface area contributed by atoms with Crippen molar-refractivity contribution in [1.82, 2.24) is 5.32 Å². The van der Waals surface area contributed by atoms with Gasteiger partial charge in [-0.3, -0.25) is 10.2 Å². The van der Waals surface area contributed by atoms with Crippen molar-refractivity contribution in [3.8, 4) is 0 Å². The molecule has 1 saturated carbocycles. The lowest BCUT2D eigenvalue weighted by molar-refractivity contribution is -0.120. The first-order chi connectivity index (χ1) is 7.63. The van der Waals surface area contributed by atoms with E-state index in [1.165, 1.54) is 18.2 Å². The average molecular weight is 237 g/mol. The summed E-state index contributed by atoms with van der Waals surface area (Å²) >= 11 is 1.17. The SMILES string of the molecule is C/C=C1\C(=N)SC(C(=O)NC2CCC2)C1=N. The second kappa shape index (κ2) is 4.41. The normalized spacial score (nSPS) is 28.3. The Morgan fingerprint density at radius 3 is 2.62 bits per heavy atom. The minimum Gasteiger partial charge on any atom is -0.352 e. The third kappa shape index (κ3) is 1.91. The van der Waals surface area contributed by atoms with Gasteiger partial charge in [-0.1, -0.05) is 17.8 Å². The molecule has 1 atom stereocenters. The first kappa shape index (κ1) is 11.4. The zero-order chi connectivity index (χ0) is 11.7. The maximum absolute atomic E-state index is 11.9. The van der Waals surface area contributed by atoms with Gasteiger partial charge in [0.05, 0.1) is 10.8 Å². The fourth-order valence-corrected chi connectivity index (χ4v) is 2.81. The molecule has 1 aliphatic heterocycles. The van der Waals surface area contributed by atoms with Crippen LogP contribution >= 0.6 is 11.8 Å². The zero-order valence-electron chi connectivity index (χ0n) is 9.17. The quantitative estimate of drug-likeness (QED) is 0.683. The molecule has 0 spiro atoms.